The predicted molar refractivity (Wildman–Crippen MR) is 61.3 cm³/mol. The van der Waals surface area contributed by atoms with Crippen LogP contribution >= 0.6 is 0 Å². The fourth-order valence-electron chi connectivity index (χ4n) is 1.50. The third-order valence-electron chi connectivity index (χ3n) is 2.41. The average Bonchev–Trinajstić information content (AvgIpc) is 2.19. The van der Waals surface area contributed by atoms with Gasteiger partial charge < -0.3 is 5.73 Å². The van der Waals surface area contributed by atoms with Crippen molar-refractivity contribution in [3.63, 3.8) is 0 Å². The van der Waals surface area contributed by atoms with Gasteiger partial charge in [0.2, 0.25) is 0 Å². The maximum Gasteiger partial charge on any atom is 0.0113 e. The molecule has 0 radical (unpaired) electrons. The summed E-state index contributed by atoms with van der Waals surface area (Å²) in [5.74, 6) is 5.07. The number of hydrazine groups is 2. The van der Waals surface area contributed by atoms with Crippen molar-refractivity contribution in [1.29, 1.82) is 0 Å². The van der Waals surface area contributed by atoms with Crippen molar-refractivity contribution in [2.24, 2.45) is 11.6 Å². The quantitative estimate of drug-likeness (QED) is 0.242. The second-order valence-corrected chi connectivity index (χ2v) is 3.82. The van der Waals surface area contributed by atoms with Crippen LogP contribution in [-0.4, -0.2) is 12.6 Å². The Labute approximate surface area is 87.7 Å². The number of hydrogen-bond acceptors (Lipinski definition) is 4. The second kappa shape index (κ2) is 10.9. The fraction of sp³-hybridized carbons (Fsp3) is 1.00. The lowest BCUT2D eigenvalue weighted by atomic mass is 10.0. The molecule has 0 aromatic heterocycles. The van der Waals surface area contributed by atoms with E-state index in [1.165, 1.54) is 25.7 Å². The molecule has 0 aromatic rings. The molecule has 14 heavy (non-hydrogen) atoms. The maximum absolute atomic E-state index is 5.96. The van der Waals surface area contributed by atoms with Gasteiger partial charge in [0.1, 0.15) is 0 Å². The zero-order chi connectivity index (χ0) is 10.6. The van der Waals surface area contributed by atoms with Crippen LogP contribution in [0.1, 0.15) is 51.9 Å². The van der Waals surface area contributed by atoms with Crippen molar-refractivity contribution in [3.05, 3.63) is 0 Å². The van der Waals surface area contributed by atoms with Gasteiger partial charge in [0.25, 0.3) is 0 Å². The minimum atomic E-state index is 0.367. The molecule has 4 heteroatoms. The Hall–Kier alpha value is -0.160. The number of nitrogens with one attached hydrogen (secondary N) is 2. The van der Waals surface area contributed by atoms with E-state index in [1.54, 1.807) is 0 Å². The molecule has 1 unspecified atom stereocenters. The molecule has 0 heterocycles. The summed E-state index contributed by atoms with van der Waals surface area (Å²) in [6.45, 7) is 3.12. The van der Waals surface area contributed by atoms with Gasteiger partial charge in [-0.25, -0.2) is 5.43 Å². The molecule has 0 bridgehead atoms. The molecule has 0 spiro atoms. The molecule has 0 aliphatic rings. The Bertz CT molecular complexity index is 96.3. The van der Waals surface area contributed by atoms with E-state index in [4.69, 9.17) is 11.6 Å². The normalized spacial score (nSPS) is 13.1. The molecule has 0 aromatic carbocycles. The number of rotatable bonds is 10. The van der Waals surface area contributed by atoms with E-state index in [9.17, 15) is 0 Å². The zero-order valence-electron chi connectivity index (χ0n) is 9.39. The minimum Gasteiger partial charge on any atom is -0.328 e. The van der Waals surface area contributed by atoms with Gasteiger partial charge in [0, 0.05) is 12.6 Å². The smallest absolute Gasteiger partial charge is 0.0113 e. The molecule has 6 N–H and O–H groups in total. The SMILES string of the molecule is CCCCCCC(N)CCCNNN. The summed E-state index contributed by atoms with van der Waals surface area (Å²) in [5, 5.41) is 0. The molecule has 0 aliphatic heterocycles. The lowest BCUT2D eigenvalue weighted by Crippen LogP contribution is -2.38. The molecular formula is C10H26N4. The van der Waals surface area contributed by atoms with Crippen LogP contribution in [0.3, 0.4) is 0 Å². The summed E-state index contributed by atoms with van der Waals surface area (Å²) in [6.07, 6.45) is 8.56. The van der Waals surface area contributed by atoms with Crippen LogP contribution in [0, 0.1) is 0 Å². The van der Waals surface area contributed by atoms with Crippen molar-refractivity contribution in [2.75, 3.05) is 6.54 Å². The summed E-state index contributed by atoms with van der Waals surface area (Å²) in [5.41, 5.74) is 11.2. The van der Waals surface area contributed by atoms with Gasteiger partial charge in [-0.15, -0.1) is 0 Å². The van der Waals surface area contributed by atoms with Crippen molar-refractivity contribution in [1.82, 2.24) is 11.0 Å². The summed E-state index contributed by atoms with van der Waals surface area (Å²) in [6, 6.07) is 0.367. The first-order valence-corrected chi connectivity index (χ1v) is 5.75. The molecular weight excluding hydrogens is 176 g/mol. The first-order valence-electron chi connectivity index (χ1n) is 5.75. The van der Waals surface area contributed by atoms with Crippen molar-refractivity contribution in [2.45, 2.75) is 57.9 Å². The summed E-state index contributed by atoms with van der Waals surface area (Å²) >= 11 is 0. The monoisotopic (exact) mass is 202 g/mol. The van der Waals surface area contributed by atoms with Crippen molar-refractivity contribution >= 4 is 0 Å². The van der Waals surface area contributed by atoms with Gasteiger partial charge in [-0.05, 0) is 19.3 Å². The van der Waals surface area contributed by atoms with Crippen LogP contribution in [0.5, 0.6) is 0 Å². The lowest BCUT2D eigenvalue weighted by Gasteiger charge is -2.11. The van der Waals surface area contributed by atoms with Gasteiger partial charge in [-0.1, -0.05) is 32.6 Å². The highest BCUT2D eigenvalue weighted by Gasteiger charge is 2.01. The summed E-state index contributed by atoms with van der Waals surface area (Å²) in [7, 11) is 0. The molecule has 0 aliphatic carbocycles. The number of nitrogens with two attached hydrogens (primary N) is 2. The van der Waals surface area contributed by atoms with Crippen molar-refractivity contribution < 1.29 is 0 Å². The molecule has 4 nitrogen and oxygen atoms in total. The van der Waals surface area contributed by atoms with E-state index in [1.807, 2.05) is 0 Å². The summed E-state index contributed by atoms with van der Waals surface area (Å²) < 4.78 is 0. The van der Waals surface area contributed by atoms with Crippen LogP contribution in [0.25, 0.3) is 0 Å². The standard InChI is InChI=1S/C10H26N4/c1-2-3-4-5-7-10(11)8-6-9-13-14-12/h10,13-14H,2-9,11-12H2,1H3. The average molecular weight is 202 g/mol. The Morgan fingerprint density at radius 3 is 2.43 bits per heavy atom. The highest BCUT2D eigenvalue weighted by Crippen LogP contribution is 2.07. The van der Waals surface area contributed by atoms with E-state index >= 15 is 0 Å². The van der Waals surface area contributed by atoms with Gasteiger partial charge in [0.05, 0.1) is 0 Å². The number of unbranched alkanes of at least 4 members (excludes halogenated alkanes) is 3. The summed E-state index contributed by atoms with van der Waals surface area (Å²) in [4.78, 5) is 0. The van der Waals surface area contributed by atoms with Gasteiger partial charge in [-0.3, -0.25) is 5.84 Å². The Morgan fingerprint density at radius 2 is 1.79 bits per heavy atom. The molecule has 1 atom stereocenters. The molecule has 0 saturated carbocycles. The van der Waals surface area contributed by atoms with Crippen LogP contribution in [0.4, 0.5) is 0 Å². The van der Waals surface area contributed by atoms with Crippen LogP contribution < -0.4 is 22.5 Å². The highest BCUT2D eigenvalue weighted by molar-refractivity contribution is 4.61. The van der Waals surface area contributed by atoms with Gasteiger partial charge in [0.15, 0.2) is 0 Å². The van der Waals surface area contributed by atoms with Crippen molar-refractivity contribution in [3.8, 4) is 0 Å². The molecule has 0 amide bonds. The Kier molecular flexibility index (Phi) is 10.8. The molecule has 86 valence electrons. The van der Waals surface area contributed by atoms with E-state index < -0.39 is 0 Å². The molecule has 0 fully saturated rings. The highest BCUT2D eigenvalue weighted by atomic mass is 15.5. The third kappa shape index (κ3) is 9.92. The second-order valence-electron chi connectivity index (χ2n) is 3.82. The van der Waals surface area contributed by atoms with E-state index in [0.29, 0.717) is 6.04 Å². The van der Waals surface area contributed by atoms with Crippen LogP contribution in [0.2, 0.25) is 0 Å². The third-order valence-corrected chi connectivity index (χ3v) is 2.41. The first-order chi connectivity index (χ1) is 6.81. The van der Waals surface area contributed by atoms with Gasteiger partial charge in [-0.2, -0.15) is 5.53 Å². The predicted octanol–water partition coefficient (Wildman–Crippen LogP) is 1.03. The Balaban J connectivity index is 3.07. The van der Waals surface area contributed by atoms with Crippen LogP contribution in [-0.2, 0) is 0 Å². The minimum absolute atomic E-state index is 0.367. The zero-order valence-corrected chi connectivity index (χ0v) is 9.39. The van der Waals surface area contributed by atoms with E-state index in [-0.39, 0.29) is 0 Å². The first kappa shape index (κ1) is 13.8. The topological polar surface area (TPSA) is 76.1 Å². The maximum atomic E-state index is 5.96. The lowest BCUT2D eigenvalue weighted by molar-refractivity contribution is 0.473. The van der Waals surface area contributed by atoms with E-state index in [2.05, 4.69) is 17.9 Å². The van der Waals surface area contributed by atoms with Crippen LogP contribution in [0.15, 0.2) is 0 Å². The van der Waals surface area contributed by atoms with E-state index in [0.717, 1.165) is 25.8 Å². The fourth-order valence-corrected chi connectivity index (χ4v) is 1.50. The largest absolute Gasteiger partial charge is 0.328 e. The molecule has 0 saturated heterocycles. The number of hydrogen-bond donors (Lipinski definition) is 4. The van der Waals surface area contributed by atoms with Gasteiger partial charge >= 0.3 is 0 Å². The Morgan fingerprint density at radius 1 is 1.07 bits per heavy atom. The molecule has 0 rings (SSSR count).